The first-order valence-corrected chi connectivity index (χ1v) is 10.6. The molecule has 0 saturated carbocycles. The molecule has 0 spiro atoms. The number of methoxy groups -OCH3 is 1. The molecule has 1 atom stereocenters. The average Bonchev–Trinajstić information content (AvgIpc) is 2.64. The standard InChI is InChI=1S/C20H26N2O4S/c1-5-17(16-12-10-15(2)11-13-16)21-20(23)14-22(27(4,24)25)18-8-6-7-9-19(18)26-3/h6-13,17H,5,14H2,1-4H3,(H,21,23). The Bertz CT molecular complexity index is 879. The highest BCUT2D eigenvalue weighted by Crippen LogP contribution is 2.29. The van der Waals surface area contributed by atoms with Crippen LogP contribution in [0.4, 0.5) is 5.69 Å². The van der Waals surface area contributed by atoms with Crippen molar-refractivity contribution in [1.29, 1.82) is 0 Å². The number of carbonyl (C=O) groups excluding carboxylic acids is 1. The molecule has 2 aromatic carbocycles. The fourth-order valence-electron chi connectivity index (χ4n) is 2.81. The van der Waals surface area contributed by atoms with Crippen LogP contribution in [0.3, 0.4) is 0 Å². The molecule has 1 N–H and O–H groups in total. The van der Waals surface area contributed by atoms with E-state index in [-0.39, 0.29) is 18.5 Å². The van der Waals surface area contributed by atoms with Gasteiger partial charge in [0.15, 0.2) is 0 Å². The number of amides is 1. The lowest BCUT2D eigenvalue weighted by atomic mass is 10.0. The van der Waals surface area contributed by atoms with Crippen LogP contribution in [0, 0.1) is 6.92 Å². The molecular weight excluding hydrogens is 364 g/mol. The van der Waals surface area contributed by atoms with Gasteiger partial charge in [-0.15, -0.1) is 0 Å². The summed E-state index contributed by atoms with van der Waals surface area (Å²) in [5, 5.41) is 2.93. The maximum Gasteiger partial charge on any atom is 0.241 e. The monoisotopic (exact) mass is 390 g/mol. The second-order valence-corrected chi connectivity index (χ2v) is 8.29. The van der Waals surface area contributed by atoms with Gasteiger partial charge in [-0.25, -0.2) is 8.42 Å². The molecule has 0 aromatic heterocycles. The Kier molecular flexibility index (Phi) is 6.85. The molecule has 0 heterocycles. The van der Waals surface area contributed by atoms with E-state index in [1.165, 1.54) is 7.11 Å². The van der Waals surface area contributed by atoms with E-state index in [1.807, 2.05) is 38.1 Å². The number of anilines is 1. The van der Waals surface area contributed by atoms with E-state index in [0.717, 1.165) is 21.7 Å². The van der Waals surface area contributed by atoms with Crippen LogP contribution in [0.5, 0.6) is 5.75 Å². The number of para-hydroxylation sites is 2. The lowest BCUT2D eigenvalue weighted by molar-refractivity contribution is -0.120. The van der Waals surface area contributed by atoms with Crippen LogP contribution < -0.4 is 14.4 Å². The summed E-state index contributed by atoms with van der Waals surface area (Å²) >= 11 is 0. The second-order valence-electron chi connectivity index (χ2n) is 6.38. The topological polar surface area (TPSA) is 75.7 Å². The molecule has 2 aromatic rings. The van der Waals surface area contributed by atoms with Gasteiger partial charge in [-0.3, -0.25) is 9.10 Å². The van der Waals surface area contributed by atoms with Crippen molar-refractivity contribution in [2.45, 2.75) is 26.3 Å². The number of hydrogen-bond donors (Lipinski definition) is 1. The number of ether oxygens (including phenoxy) is 1. The highest BCUT2D eigenvalue weighted by atomic mass is 32.2. The highest BCUT2D eigenvalue weighted by Gasteiger charge is 2.24. The molecule has 0 aliphatic heterocycles. The summed E-state index contributed by atoms with van der Waals surface area (Å²) in [5.41, 5.74) is 2.46. The van der Waals surface area contributed by atoms with E-state index in [9.17, 15) is 13.2 Å². The zero-order valence-corrected chi connectivity index (χ0v) is 16.9. The Hall–Kier alpha value is -2.54. The highest BCUT2D eigenvalue weighted by molar-refractivity contribution is 7.92. The van der Waals surface area contributed by atoms with Crippen molar-refractivity contribution in [3.63, 3.8) is 0 Å². The minimum Gasteiger partial charge on any atom is -0.495 e. The number of hydrogen-bond acceptors (Lipinski definition) is 4. The van der Waals surface area contributed by atoms with Crippen molar-refractivity contribution in [1.82, 2.24) is 5.32 Å². The summed E-state index contributed by atoms with van der Waals surface area (Å²) in [6, 6.07) is 14.5. The molecule has 0 bridgehead atoms. The molecule has 27 heavy (non-hydrogen) atoms. The smallest absolute Gasteiger partial charge is 0.241 e. The fraction of sp³-hybridized carbons (Fsp3) is 0.350. The number of benzene rings is 2. The molecule has 0 saturated heterocycles. The second kappa shape index (κ2) is 8.90. The van der Waals surface area contributed by atoms with Gasteiger partial charge in [0.05, 0.1) is 25.1 Å². The predicted molar refractivity (Wildman–Crippen MR) is 108 cm³/mol. The number of rotatable bonds is 8. The van der Waals surface area contributed by atoms with Gasteiger partial charge in [-0.1, -0.05) is 48.9 Å². The first kappa shape index (κ1) is 20.8. The SMILES string of the molecule is CCC(NC(=O)CN(c1ccccc1OC)S(C)(=O)=O)c1ccc(C)cc1. The zero-order chi connectivity index (χ0) is 20.0. The predicted octanol–water partition coefficient (Wildman–Crippen LogP) is 3.04. The third-order valence-corrected chi connectivity index (χ3v) is 5.39. The van der Waals surface area contributed by atoms with Gasteiger partial charge >= 0.3 is 0 Å². The Morgan fingerprint density at radius 2 is 1.78 bits per heavy atom. The minimum absolute atomic E-state index is 0.183. The normalized spacial score (nSPS) is 12.3. The molecule has 0 aliphatic rings. The third-order valence-electron chi connectivity index (χ3n) is 4.26. The quantitative estimate of drug-likeness (QED) is 0.752. The van der Waals surface area contributed by atoms with E-state index in [0.29, 0.717) is 17.9 Å². The van der Waals surface area contributed by atoms with Gasteiger partial charge in [0, 0.05) is 0 Å². The number of aryl methyl sites for hydroxylation is 1. The van der Waals surface area contributed by atoms with Crippen LogP contribution in [-0.2, 0) is 14.8 Å². The molecule has 0 fully saturated rings. The molecular formula is C20H26N2O4S. The first-order chi connectivity index (χ1) is 12.8. The number of nitrogens with one attached hydrogen (secondary N) is 1. The molecule has 0 aliphatic carbocycles. The summed E-state index contributed by atoms with van der Waals surface area (Å²) in [4.78, 5) is 12.6. The van der Waals surface area contributed by atoms with E-state index < -0.39 is 10.0 Å². The maximum absolute atomic E-state index is 12.6. The Morgan fingerprint density at radius 1 is 1.15 bits per heavy atom. The number of sulfonamides is 1. The lowest BCUT2D eigenvalue weighted by Crippen LogP contribution is -2.41. The molecule has 1 amide bonds. The third kappa shape index (κ3) is 5.47. The van der Waals surface area contributed by atoms with Crippen molar-refractivity contribution >= 4 is 21.6 Å². The van der Waals surface area contributed by atoms with E-state index in [2.05, 4.69) is 5.32 Å². The van der Waals surface area contributed by atoms with Crippen LogP contribution in [-0.4, -0.2) is 34.2 Å². The molecule has 2 rings (SSSR count). The first-order valence-electron chi connectivity index (χ1n) is 8.73. The van der Waals surface area contributed by atoms with Gasteiger partial charge in [0.25, 0.3) is 0 Å². The Morgan fingerprint density at radius 3 is 2.33 bits per heavy atom. The fourth-order valence-corrected chi connectivity index (χ4v) is 3.67. The largest absolute Gasteiger partial charge is 0.495 e. The van der Waals surface area contributed by atoms with Gasteiger partial charge in [-0.2, -0.15) is 0 Å². The van der Waals surface area contributed by atoms with Crippen LogP contribution in [0.15, 0.2) is 48.5 Å². The molecule has 1 unspecified atom stereocenters. The molecule has 7 heteroatoms. The Labute approximate surface area is 161 Å². The van der Waals surface area contributed by atoms with E-state index in [1.54, 1.807) is 24.3 Å². The van der Waals surface area contributed by atoms with Crippen molar-refractivity contribution in [3.05, 3.63) is 59.7 Å². The molecule has 6 nitrogen and oxygen atoms in total. The van der Waals surface area contributed by atoms with Crippen LogP contribution >= 0.6 is 0 Å². The van der Waals surface area contributed by atoms with Crippen LogP contribution in [0.2, 0.25) is 0 Å². The minimum atomic E-state index is -3.67. The number of carbonyl (C=O) groups is 1. The van der Waals surface area contributed by atoms with Gasteiger partial charge < -0.3 is 10.1 Å². The van der Waals surface area contributed by atoms with Crippen molar-refractivity contribution in [2.75, 3.05) is 24.2 Å². The summed E-state index contributed by atoms with van der Waals surface area (Å²) in [6.45, 7) is 3.65. The van der Waals surface area contributed by atoms with Gasteiger partial charge in [-0.05, 0) is 31.0 Å². The average molecular weight is 391 g/mol. The van der Waals surface area contributed by atoms with Crippen LogP contribution in [0.25, 0.3) is 0 Å². The number of nitrogens with zero attached hydrogens (tertiary/aromatic N) is 1. The Balaban J connectivity index is 2.22. The molecule has 146 valence electrons. The zero-order valence-electron chi connectivity index (χ0n) is 16.1. The van der Waals surface area contributed by atoms with Gasteiger partial charge in [0.1, 0.15) is 12.3 Å². The van der Waals surface area contributed by atoms with Crippen molar-refractivity contribution in [2.24, 2.45) is 0 Å². The summed E-state index contributed by atoms with van der Waals surface area (Å²) < 4.78 is 30.9. The summed E-state index contributed by atoms with van der Waals surface area (Å²) in [5.74, 6) is 0.0139. The van der Waals surface area contributed by atoms with E-state index >= 15 is 0 Å². The lowest BCUT2D eigenvalue weighted by Gasteiger charge is -2.25. The van der Waals surface area contributed by atoms with Crippen LogP contribution in [0.1, 0.15) is 30.5 Å². The van der Waals surface area contributed by atoms with Crippen molar-refractivity contribution < 1.29 is 17.9 Å². The van der Waals surface area contributed by atoms with E-state index in [4.69, 9.17) is 4.74 Å². The summed E-state index contributed by atoms with van der Waals surface area (Å²) in [7, 11) is -2.20. The van der Waals surface area contributed by atoms with Crippen molar-refractivity contribution in [3.8, 4) is 5.75 Å². The maximum atomic E-state index is 12.6. The molecule has 0 radical (unpaired) electrons. The summed E-state index contributed by atoms with van der Waals surface area (Å²) in [6.07, 6.45) is 1.77. The van der Waals surface area contributed by atoms with Gasteiger partial charge in [0.2, 0.25) is 15.9 Å².